The fraction of sp³-hybridized carbons (Fsp3) is 0.217. The summed E-state index contributed by atoms with van der Waals surface area (Å²) in [5.41, 5.74) is 5.71. The van der Waals surface area contributed by atoms with Gasteiger partial charge in [-0.15, -0.1) is 0 Å². The Hall–Kier alpha value is -3.54. The third kappa shape index (κ3) is 3.06. The third-order valence-electron chi connectivity index (χ3n) is 5.68. The Morgan fingerprint density at radius 3 is 2.83 bits per heavy atom. The molecule has 6 nitrogen and oxygen atoms in total. The summed E-state index contributed by atoms with van der Waals surface area (Å²) < 4.78 is 5.21. The first-order chi connectivity index (χ1) is 14.2. The maximum atomic E-state index is 13.1. The summed E-state index contributed by atoms with van der Waals surface area (Å²) >= 11 is 0. The zero-order chi connectivity index (χ0) is 19.8. The van der Waals surface area contributed by atoms with Crippen LogP contribution in [0.25, 0.3) is 22.2 Å². The van der Waals surface area contributed by atoms with Gasteiger partial charge in [0.15, 0.2) is 0 Å². The first kappa shape index (κ1) is 17.6. The molecule has 1 atom stereocenters. The number of H-pyrrole nitrogens is 2. The Morgan fingerprint density at radius 2 is 2.00 bits per heavy atom. The first-order valence-corrected chi connectivity index (χ1v) is 9.82. The first-order valence-electron chi connectivity index (χ1n) is 9.82. The van der Waals surface area contributed by atoms with E-state index in [2.05, 4.69) is 38.7 Å². The molecule has 2 heterocycles. The van der Waals surface area contributed by atoms with E-state index in [9.17, 15) is 4.79 Å². The van der Waals surface area contributed by atoms with E-state index < -0.39 is 0 Å². The quantitative estimate of drug-likeness (QED) is 0.487. The third-order valence-corrected chi connectivity index (χ3v) is 5.68. The lowest BCUT2D eigenvalue weighted by Crippen LogP contribution is -2.31. The molecule has 3 N–H and O–H groups in total. The Kier molecular flexibility index (Phi) is 4.31. The standard InChI is InChI=1S/C23H22N4O2/c1-29-15-11-9-14(10-12-15)21-18(13-24-27-21)23(28)26-20-8-4-6-17-16-5-2-3-7-19(16)25-22(17)20/h2-3,5,7,9-13,20,25H,4,6,8H2,1H3,(H,24,27)(H,26,28)/t20-/m0/s1. The van der Waals surface area contributed by atoms with Gasteiger partial charge in [0, 0.05) is 22.2 Å². The van der Waals surface area contributed by atoms with E-state index >= 15 is 0 Å². The number of carbonyl (C=O) groups is 1. The molecule has 1 aliphatic carbocycles. The van der Waals surface area contributed by atoms with E-state index in [4.69, 9.17) is 4.74 Å². The van der Waals surface area contributed by atoms with Crippen LogP contribution in [0.4, 0.5) is 0 Å². The summed E-state index contributed by atoms with van der Waals surface area (Å²) in [6.07, 6.45) is 4.59. The van der Waals surface area contributed by atoms with Gasteiger partial charge in [0.2, 0.25) is 0 Å². The van der Waals surface area contributed by atoms with Gasteiger partial charge in [-0.3, -0.25) is 9.89 Å². The number of methoxy groups -OCH3 is 1. The predicted octanol–water partition coefficient (Wildman–Crippen LogP) is 4.37. The lowest BCUT2D eigenvalue weighted by Gasteiger charge is -2.23. The molecule has 0 saturated heterocycles. The average molecular weight is 386 g/mol. The number of aromatic amines is 2. The fourth-order valence-corrected chi connectivity index (χ4v) is 4.23. The molecule has 0 bridgehead atoms. The second kappa shape index (κ2) is 7.13. The van der Waals surface area contributed by atoms with E-state index in [0.717, 1.165) is 41.8 Å². The molecule has 5 rings (SSSR count). The van der Waals surface area contributed by atoms with Crippen LogP contribution in [0.15, 0.2) is 54.7 Å². The van der Waals surface area contributed by atoms with Gasteiger partial charge < -0.3 is 15.0 Å². The Balaban J connectivity index is 1.43. The van der Waals surface area contributed by atoms with Gasteiger partial charge in [-0.1, -0.05) is 18.2 Å². The number of aryl methyl sites for hydroxylation is 1. The van der Waals surface area contributed by atoms with Crippen molar-refractivity contribution < 1.29 is 9.53 Å². The van der Waals surface area contributed by atoms with Crippen molar-refractivity contribution in [3.63, 3.8) is 0 Å². The van der Waals surface area contributed by atoms with Crippen molar-refractivity contribution in [3.8, 4) is 17.0 Å². The van der Waals surface area contributed by atoms with Crippen LogP contribution in [0.2, 0.25) is 0 Å². The number of hydrogen-bond donors (Lipinski definition) is 3. The molecule has 1 amide bonds. The highest BCUT2D eigenvalue weighted by molar-refractivity contribution is 6.00. The molecule has 2 aromatic carbocycles. The SMILES string of the molecule is COc1ccc(-c2[nH]ncc2C(=O)N[C@H]2CCCc3c2[nH]c2ccccc32)cc1. The zero-order valence-corrected chi connectivity index (χ0v) is 16.2. The molecule has 0 radical (unpaired) electrons. The number of ether oxygens (including phenoxy) is 1. The van der Waals surface area contributed by atoms with E-state index in [1.807, 2.05) is 30.3 Å². The topological polar surface area (TPSA) is 82.8 Å². The lowest BCUT2D eigenvalue weighted by atomic mass is 9.91. The number of fused-ring (bicyclic) bond motifs is 3. The molecular weight excluding hydrogens is 364 g/mol. The van der Waals surface area contributed by atoms with Crippen LogP contribution in [0.1, 0.15) is 40.5 Å². The van der Waals surface area contributed by atoms with Crippen molar-refractivity contribution >= 4 is 16.8 Å². The highest BCUT2D eigenvalue weighted by Crippen LogP contribution is 2.35. The second-order valence-electron chi connectivity index (χ2n) is 7.37. The molecule has 1 aliphatic rings. The minimum absolute atomic E-state index is 0.0303. The maximum absolute atomic E-state index is 13.1. The highest BCUT2D eigenvalue weighted by atomic mass is 16.5. The van der Waals surface area contributed by atoms with E-state index in [-0.39, 0.29) is 11.9 Å². The summed E-state index contributed by atoms with van der Waals surface area (Å²) in [5.74, 6) is 0.647. The fourth-order valence-electron chi connectivity index (χ4n) is 4.23. The number of nitrogens with one attached hydrogen (secondary N) is 3. The summed E-state index contributed by atoms with van der Waals surface area (Å²) in [6.45, 7) is 0. The van der Waals surface area contributed by atoms with Gasteiger partial charge in [0.05, 0.1) is 30.6 Å². The Morgan fingerprint density at radius 1 is 1.17 bits per heavy atom. The van der Waals surface area contributed by atoms with Gasteiger partial charge >= 0.3 is 0 Å². The van der Waals surface area contributed by atoms with Crippen molar-refractivity contribution in [1.82, 2.24) is 20.5 Å². The van der Waals surface area contributed by atoms with Crippen molar-refractivity contribution in [2.75, 3.05) is 7.11 Å². The predicted molar refractivity (Wildman–Crippen MR) is 112 cm³/mol. The van der Waals surface area contributed by atoms with Gasteiger partial charge in [-0.05, 0) is 55.2 Å². The molecule has 0 spiro atoms. The van der Waals surface area contributed by atoms with Gasteiger partial charge in [0.1, 0.15) is 5.75 Å². The van der Waals surface area contributed by atoms with Crippen molar-refractivity contribution in [2.24, 2.45) is 0 Å². The highest BCUT2D eigenvalue weighted by Gasteiger charge is 2.27. The smallest absolute Gasteiger partial charge is 0.255 e. The molecule has 146 valence electrons. The molecular formula is C23H22N4O2. The lowest BCUT2D eigenvalue weighted by molar-refractivity contribution is 0.0932. The van der Waals surface area contributed by atoms with E-state index in [0.29, 0.717) is 11.3 Å². The number of hydrogen-bond acceptors (Lipinski definition) is 3. The molecule has 0 aliphatic heterocycles. The molecule has 4 aromatic rings. The number of carbonyl (C=O) groups excluding carboxylic acids is 1. The molecule has 0 saturated carbocycles. The van der Waals surface area contributed by atoms with Crippen LogP contribution in [0.5, 0.6) is 5.75 Å². The molecule has 6 heteroatoms. The van der Waals surface area contributed by atoms with Crippen LogP contribution < -0.4 is 10.1 Å². The van der Waals surface area contributed by atoms with E-state index in [1.54, 1.807) is 13.3 Å². The van der Waals surface area contributed by atoms with Gasteiger partial charge in [-0.25, -0.2) is 0 Å². The summed E-state index contributed by atoms with van der Waals surface area (Å²) in [5, 5.41) is 11.5. The maximum Gasteiger partial charge on any atom is 0.255 e. The van der Waals surface area contributed by atoms with E-state index in [1.165, 1.54) is 10.9 Å². The van der Waals surface area contributed by atoms with Crippen molar-refractivity contribution in [1.29, 1.82) is 0 Å². The Labute approximate surface area is 168 Å². The number of nitrogens with zero attached hydrogens (tertiary/aromatic N) is 1. The van der Waals surface area contributed by atoms with Crippen molar-refractivity contribution in [2.45, 2.75) is 25.3 Å². The summed E-state index contributed by atoms with van der Waals surface area (Å²) in [4.78, 5) is 16.6. The molecule has 2 aromatic heterocycles. The van der Waals surface area contributed by atoms with Crippen LogP contribution in [-0.2, 0) is 6.42 Å². The van der Waals surface area contributed by atoms with Crippen LogP contribution in [0, 0.1) is 0 Å². The molecule has 29 heavy (non-hydrogen) atoms. The number of rotatable bonds is 4. The average Bonchev–Trinajstić information content (AvgIpc) is 3.39. The largest absolute Gasteiger partial charge is 0.497 e. The van der Waals surface area contributed by atoms with Gasteiger partial charge in [0.25, 0.3) is 5.91 Å². The van der Waals surface area contributed by atoms with Gasteiger partial charge in [-0.2, -0.15) is 5.10 Å². The molecule has 0 unspecified atom stereocenters. The normalized spacial score (nSPS) is 15.8. The van der Waals surface area contributed by atoms with Crippen LogP contribution >= 0.6 is 0 Å². The minimum atomic E-state index is -0.124. The Bertz CT molecular complexity index is 1170. The number of aromatic nitrogens is 3. The zero-order valence-electron chi connectivity index (χ0n) is 16.2. The number of amides is 1. The number of benzene rings is 2. The number of para-hydroxylation sites is 1. The summed E-state index contributed by atoms with van der Waals surface area (Å²) in [7, 11) is 1.63. The minimum Gasteiger partial charge on any atom is -0.497 e. The van der Waals surface area contributed by atoms with Crippen LogP contribution in [-0.4, -0.2) is 28.2 Å². The van der Waals surface area contributed by atoms with Crippen LogP contribution in [0.3, 0.4) is 0 Å². The monoisotopic (exact) mass is 386 g/mol. The molecule has 0 fully saturated rings. The second-order valence-corrected chi connectivity index (χ2v) is 7.37. The van der Waals surface area contributed by atoms with Crippen molar-refractivity contribution in [3.05, 3.63) is 71.5 Å². The summed E-state index contributed by atoms with van der Waals surface area (Å²) in [6, 6.07) is 15.9.